The Morgan fingerprint density at radius 1 is 0.842 bits per heavy atom. The van der Waals surface area contributed by atoms with Crippen LogP contribution in [0.2, 0.25) is 0 Å². The molecule has 0 spiro atoms. The number of nitrogens with two attached hydrogens (primary N) is 1. The van der Waals surface area contributed by atoms with Crippen LogP contribution in [-0.2, 0) is 7.05 Å². The zero-order valence-electron chi connectivity index (χ0n) is 10.7. The minimum absolute atomic E-state index is 0.854. The van der Waals surface area contributed by atoms with Crippen LogP contribution in [0.3, 0.4) is 0 Å². The molecule has 0 saturated heterocycles. The van der Waals surface area contributed by atoms with E-state index in [1.807, 2.05) is 36.4 Å². The van der Waals surface area contributed by atoms with Gasteiger partial charge in [0.2, 0.25) is 5.69 Å². The monoisotopic (exact) mass is 267 g/mol. The van der Waals surface area contributed by atoms with Gasteiger partial charge in [0.05, 0.1) is 5.56 Å². The van der Waals surface area contributed by atoms with Crippen LogP contribution in [0.1, 0.15) is 0 Å². The van der Waals surface area contributed by atoms with Crippen LogP contribution in [0.15, 0.2) is 60.7 Å². The van der Waals surface area contributed by atoms with Gasteiger partial charge in [-0.05, 0) is 35.6 Å². The highest BCUT2D eigenvalue weighted by atomic mass is 32.1. The predicted octanol–water partition coefficient (Wildman–Crippen LogP) is 3.49. The second-order valence-electron chi connectivity index (χ2n) is 4.41. The predicted molar refractivity (Wildman–Crippen MR) is 80.8 cm³/mol. The van der Waals surface area contributed by atoms with Crippen molar-refractivity contribution in [1.29, 1.82) is 0 Å². The Kier molecular flexibility index (Phi) is 3.05. The van der Waals surface area contributed by atoms with Gasteiger partial charge in [0.15, 0.2) is 5.00 Å². The lowest BCUT2D eigenvalue weighted by molar-refractivity contribution is -0.644. The van der Waals surface area contributed by atoms with Crippen molar-refractivity contribution in [1.82, 2.24) is 0 Å². The van der Waals surface area contributed by atoms with Gasteiger partial charge in [-0.3, -0.25) is 0 Å². The molecule has 0 saturated carbocycles. The normalized spacial score (nSPS) is 10.6. The molecule has 0 radical (unpaired) electrons. The van der Waals surface area contributed by atoms with E-state index in [1.165, 1.54) is 10.6 Å². The molecule has 0 aliphatic heterocycles. The fourth-order valence-electron chi connectivity index (χ4n) is 2.25. The molecule has 1 aromatic heterocycles. The van der Waals surface area contributed by atoms with Crippen molar-refractivity contribution in [2.75, 3.05) is 5.73 Å². The SMILES string of the molecule is C[n+]1c(-c2ccccc2)sc(N)c1-c1ccccc1. The van der Waals surface area contributed by atoms with Crippen molar-refractivity contribution >= 4 is 16.3 Å². The average Bonchev–Trinajstić information content (AvgIpc) is 2.76. The lowest BCUT2D eigenvalue weighted by Gasteiger charge is -1.97. The van der Waals surface area contributed by atoms with Crippen molar-refractivity contribution in [2.24, 2.45) is 7.05 Å². The molecule has 3 rings (SSSR count). The summed E-state index contributed by atoms with van der Waals surface area (Å²) >= 11 is 1.63. The maximum Gasteiger partial charge on any atom is 0.271 e. The summed E-state index contributed by atoms with van der Waals surface area (Å²) in [4.78, 5) is 0. The van der Waals surface area contributed by atoms with Crippen LogP contribution in [0.25, 0.3) is 21.8 Å². The number of hydrogen-bond acceptors (Lipinski definition) is 2. The average molecular weight is 267 g/mol. The number of aromatic nitrogens is 1. The maximum absolute atomic E-state index is 6.21. The Balaban J connectivity index is 2.17. The van der Waals surface area contributed by atoms with E-state index in [4.69, 9.17) is 5.73 Å². The number of nitrogens with zero attached hydrogens (tertiary/aromatic N) is 1. The largest absolute Gasteiger partial charge is 0.385 e. The van der Waals surface area contributed by atoms with E-state index < -0.39 is 0 Å². The number of rotatable bonds is 2. The van der Waals surface area contributed by atoms with Gasteiger partial charge in [-0.15, -0.1) is 0 Å². The molecule has 3 aromatic rings. The number of nitrogen functional groups attached to an aromatic ring is 1. The highest BCUT2D eigenvalue weighted by Crippen LogP contribution is 2.33. The molecule has 0 amide bonds. The summed E-state index contributed by atoms with van der Waals surface area (Å²) in [6, 6.07) is 20.6. The molecule has 0 unspecified atom stereocenters. The van der Waals surface area contributed by atoms with Crippen LogP contribution in [0.5, 0.6) is 0 Å². The van der Waals surface area contributed by atoms with E-state index in [0.29, 0.717) is 0 Å². The fourth-order valence-corrected chi connectivity index (χ4v) is 3.29. The van der Waals surface area contributed by atoms with Gasteiger partial charge in [-0.2, -0.15) is 4.57 Å². The molecule has 2 nitrogen and oxygen atoms in total. The van der Waals surface area contributed by atoms with Crippen molar-refractivity contribution in [3.05, 3.63) is 60.7 Å². The fraction of sp³-hybridized carbons (Fsp3) is 0.0625. The van der Waals surface area contributed by atoms with Crippen molar-refractivity contribution in [3.8, 4) is 21.8 Å². The zero-order valence-corrected chi connectivity index (χ0v) is 11.5. The first-order chi connectivity index (χ1) is 9.27. The summed E-state index contributed by atoms with van der Waals surface area (Å²) in [6.07, 6.45) is 0. The highest BCUT2D eigenvalue weighted by molar-refractivity contribution is 7.18. The van der Waals surface area contributed by atoms with Gasteiger partial charge in [-0.1, -0.05) is 36.4 Å². The maximum atomic E-state index is 6.21. The third-order valence-electron chi connectivity index (χ3n) is 3.15. The van der Waals surface area contributed by atoms with E-state index in [0.717, 1.165) is 16.3 Å². The van der Waals surface area contributed by atoms with Crippen molar-refractivity contribution in [2.45, 2.75) is 0 Å². The van der Waals surface area contributed by atoms with Crippen LogP contribution in [0, 0.1) is 0 Å². The lowest BCUT2D eigenvalue weighted by Crippen LogP contribution is -2.30. The number of anilines is 1. The quantitative estimate of drug-likeness (QED) is 0.708. The number of benzene rings is 2. The molecule has 94 valence electrons. The van der Waals surface area contributed by atoms with Gasteiger partial charge in [0, 0.05) is 5.56 Å². The molecule has 0 bridgehead atoms. The molecule has 19 heavy (non-hydrogen) atoms. The van der Waals surface area contributed by atoms with E-state index in [1.54, 1.807) is 11.3 Å². The summed E-state index contributed by atoms with van der Waals surface area (Å²) in [5.74, 6) is 0. The van der Waals surface area contributed by atoms with Crippen LogP contribution >= 0.6 is 11.3 Å². The molecule has 0 aliphatic rings. The summed E-state index contributed by atoms with van der Waals surface area (Å²) < 4.78 is 2.17. The minimum Gasteiger partial charge on any atom is -0.385 e. The first-order valence-corrected chi connectivity index (χ1v) is 6.98. The van der Waals surface area contributed by atoms with E-state index in [9.17, 15) is 0 Å². The molecule has 0 aliphatic carbocycles. The standard InChI is InChI=1S/C16H15N2S/c1-18-14(12-8-4-2-5-9-12)15(17)19-16(18)13-10-6-3-7-11-13/h2-11H,17H2,1H3/q+1. The molecule has 2 N–H and O–H groups in total. The molecule has 3 heteroatoms. The van der Waals surface area contributed by atoms with Gasteiger partial charge < -0.3 is 5.73 Å². The smallest absolute Gasteiger partial charge is 0.271 e. The Bertz CT molecular complexity index is 688. The van der Waals surface area contributed by atoms with Crippen LogP contribution < -0.4 is 10.3 Å². The Labute approximate surface area is 116 Å². The van der Waals surface area contributed by atoms with E-state index in [-0.39, 0.29) is 0 Å². The van der Waals surface area contributed by atoms with Gasteiger partial charge in [-0.25, -0.2) is 0 Å². The molecule has 2 aromatic carbocycles. The van der Waals surface area contributed by atoms with E-state index >= 15 is 0 Å². The van der Waals surface area contributed by atoms with Crippen molar-refractivity contribution in [3.63, 3.8) is 0 Å². The third kappa shape index (κ3) is 2.13. The van der Waals surface area contributed by atoms with Crippen LogP contribution in [0.4, 0.5) is 5.00 Å². The molecule has 0 atom stereocenters. The number of thiazole rings is 1. The van der Waals surface area contributed by atoms with Crippen LogP contribution in [-0.4, -0.2) is 0 Å². The topological polar surface area (TPSA) is 29.9 Å². The first-order valence-electron chi connectivity index (χ1n) is 6.16. The summed E-state index contributed by atoms with van der Waals surface area (Å²) in [5, 5.41) is 2.03. The lowest BCUT2D eigenvalue weighted by atomic mass is 10.1. The number of hydrogen-bond donors (Lipinski definition) is 1. The minimum atomic E-state index is 0.854. The Hall–Kier alpha value is -2.13. The summed E-state index contributed by atoms with van der Waals surface area (Å²) in [5.41, 5.74) is 9.65. The van der Waals surface area contributed by atoms with Gasteiger partial charge in [0.1, 0.15) is 7.05 Å². The van der Waals surface area contributed by atoms with Gasteiger partial charge >= 0.3 is 0 Å². The Morgan fingerprint density at radius 2 is 1.37 bits per heavy atom. The van der Waals surface area contributed by atoms with Crippen molar-refractivity contribution < 1.29 is 4.57 Å². The molecule has 0 fully saturated rings. The van der Waals surface area contributed by atoms with Gasteiger partial charge in [0.25, 0.3) is 5.01 Å². The second-order valence-corrected chi connectivity index (χ2v) is 5.44. The summed E-state index contributed by atoms with van der Waals surface area (Å²) in [6.45, 7) is 0. The third-order valence-corrected chi connectivity index (χ3v) is 4.26. The first kappa shape index (κ1) is 11.9. The second kappa shape index (κ2) is 4.86. The molecule has 1 heterocycles. The highest BCUT2D eigenvalue weighted by Gasteiger charge is 2.24. The molecular weight excluding hydrogens is 252 g/mol. The zero-order chi connectivity index (χ0) is 13.2. The summed E-state index contributed by atoms with van der Waals surface area (Å²) in [7, 11) is 2.07. The molecular formula is C16H15N2S+. The Morgan fingerprint density at radius 3 is 1.95 bits per heavy atom. The van der Waals surface area contributed by atoms with E-state index in [2.05, 4.69) is 35.9 Å².